The molecule has 2 rings (SSSR count). The first-order chi connectivity index (χ1) is 8.00. The number of halogens is 1. The molecule has 1 heterocycles. The number of hydrogen-bond acceptors (Lipinski definition) is 3. The molecule has 0 spiro atoms. The molecule has 17 heavy (non-hydrogen) atoms. The lowest BCUT2D eigenvalue weighted by Gasteiger charge is -2.17. The van der Waals surface area contributed by atoms with E-state index in [0.29, 0.717) is 12.3 Å². The normalized spacial score (nSPS) is 15.4. The molecule has 0 aliphatic carbocycles. The van der Waals surface area contributed by atoms with Crippen molar-refractivity contribution in [1.29, 1.82) is 0 Å². The molecule has 0 amide bonds. The van der Waals surface area contributed by atoms with E-state index < -0.39 is 0 Å². The van der Waals surface area contributed by atoms with Gasteiger partial charge in [-0.1, -0.05) is 13.8 Å². The van der Waals surface area contributed by atoms with Crippen molar-refractivity contribution in [2.24, 2.45) is 0 Å². The van der Waals surface area contributed by atoms with Gasteiger partial charge < -0.3 is 14.6 Å². The molecule has 1 unspecified atom stereocenters. The Balaban J connectivity index is 2.55. The first-order valence-electron chi connectivity index (χ1n) is 5.79. The maximum absolute atomic E-state index is 9.56. The van der Waals surface area contributed by atoms with Crippen LogP contribution in [0.4, 0.5) is 0 Å². The van der Waals surface area contributed by atoms with Gasteiger partial charge in [0.05, 0.1) is 10.6 Å². The molecule has 1 aliphatic heterocycles. The maximum Gasteiger partial charge on any atom is 0.231 e. The zero-order chi connectivity index (χ0) is 12.6. The Kier molecular flexibility index (Phi) is 3.64. The largest absolute Gasteiger partial charge is 0.453 e. The monoisotopic (exact) mass is 300 g/mol. The molecule has 0 aromatic heterocycles. The molecule has 0 radical (unpaired) electrons. The van der Waals surface area contributed by atoms with E-state index in [2.05, 4.69) is 29.8 Å². The Morgan fingerprint density at radius 1 is 1.29 bits per heavy atom. The number of aliphatic hydroxyl groups is 1. The van der Waals surface area contributed by atoms with Crippen LogP contribution in [0.15, 0.2) is 10.5 Å². The summed E-state index contributed by atoms with van der Waals surface area (Å²) < 4.78 is 11.9. The highest BCUT2D eigenvalue weighted by Gasteiger charge is 2.26. The lowest BCUT2D eigenvalue weighted by atomic mass is 9.92. The third-order valence-electron chi connectivity index (χ3n) is 2.81. The number of rotatable bonds is 3. The first-order valence-corrected chi connectivity index (χ1v) is 6.59. The quantitative estimate of drug-likeness (QED) is 0.931. The van der Waals surface area contributed by atoms with E-state index >= 15 is 0 Å². The zero-order valence-electron chi connectivity index (χ0n) is 10.3. The van der Waals surface area contributed by atoms with Crippen LogP contribution in [0.3, 0.4) is 0 Å². The molecular weight excluding hydrogens is 284 g/mol. The van der Waals surface area contributed by atoms with Gasteiger partial charge in [0.25, 0.3) is 0 Å². The van der Waals surface area contributed by atoms with Crippen LogP contribution in [0, 0.1) is 0 Å². The van der Waals surface area contributed by atoms with Gasteiger partial charge in [-0.3, -0.25) is 0 Å². The molecule has 1 atom stereocenters. The molecule has 0 saturated carbocycles. The zero-order valence-corrected chi connectivity index (χ0v) is 11.9. The highest BCUT2D eigenvalue weighted by molar-refractivity contribution is 9.10. The van der Waals surface area contributed by atoms with Gasteiger partial charge in [0.15, 0.2) is 11.5 Å². The molecule has 1 aromatic rings. The summed E-state index contributed by atoms with van der Waals surface area (Å²) in [4.78, 5) is 0. The van der Waals surface area contributed by atoms with Crippen molar-refractivity contribution in [3.05, 3.63) is 21.7 Å². The van der Waals surface area contributed by atoms with Gasteiger partial charge >= 0.3 is 0 Å². The summed E-state index contributed by atoms with van der Waals surface area (Å²) >= 11 is 3.48. The van der Waals surface area contributed by atoms with E-state index in [-0.39, 0.29) is 12.9 Å². The van der Waals surface area contributed by atoms with Gasteiger partial charge in [-0.15, -0.1) is 0 Å². The van der Waals surface area contributed by atoms with Gasteiger partial charge in [-0.25, -0.2) is 0 Å². The molecular formula is C13H17BrO3. The lowest BCUT2D eigenvalue weighted by Crippen LogP contribution is -2.08. The van der Waals surface area contributed by atoms with Crippen LogP contribution in [-0.2, 0) is 6.42 Å². The van der Waals surface area contributed by atoms with Crippen LogP contribution in [-0.4, -0.2) is 18.0 Å². The summed E-state index contributed by atoms with van der Waals surface area (Å²) in [6, 6.07) is 2.02. The molecule has 0 bridgehead atoms. The van der Waals surface area contributed by atoms with Crippen LogP contribution in [0.25, 0.3) is 0 Å². The average molecular weight is 301 g/mol. The van der Waals surface area contributed by atoms with Gasteiger partial charge in [0.2, 0.25) is 6.79 Å². The molecule has 4 heteroatoms. The number of ether oxygens (including phenoxy) is 2. The van der Waals surface area contributed by atoms with Crippen molar-refractivity contribution in [1.82, 2.24) is 0 Å². The van der Waals surface area contributed by atoms with E-state index in [1.165, 1.54) is 0 Å². The lowest BCUT2D eigenvalue weighted by molar-refractivity contribution is 0.172. The summed E-state index contributed by atoms with van der Waals surface area (Å²) in [7, 11) is 0. The smallest absolute Gasteiger partial charge is 0.231 e. The van der Waals surface area contributed by atoms with Gasteiger partial charge in [0, 0.05) is 5.56 Å². The second kappa shape index (κ2) is 4.86. The molecule has 1 N–H and O–H groups in total. The molecule has 94 valence electrons. The highest BCUT2D eigenvalue weighted by atomic mass is 79.9. The van der Waals surface area contributed by atoms with Crippen molar-refractivity contribution in [3.8, 4) is 11.5 Å². The maximum atomic E-state index is 9.56. The number of fused-ring (bicyclic) bond motifs is 1. The third kappa shape index (κ3) is 2.43. The molecule has 3 nitrogen and oxygen atoms in total. The summed E-state index contributed by atoms with van der Waals surface area (Å²) in [6.07, 6.45) is 0.266. The molecule has 1 aromatic carbocycles. The fourth-order valence-electron chi connectivity index (χ4n) is 2.22. The second-order valence-corrected chi connectivity index (χ2v) is 5.56. The fraction of sp³-hybridized carbons (Fsp3) is 0.538. The predicted molar refractivity (Wildman–Crippen MR) is 69.7 cm³/mol. The topological polar surface area (TPSA) is 38.7 Å². The first kappa shape index (κ1) is 12.7. The van der Waals surface area contributed by atoms with Crippen molar-refractivity contribution in [2.45, 2.75) is 39.2 Å². The van der Waals surface area contributed by atoms with Crippen molar-refractivity contribution < 1.29 is 14.6 Å². The Morgan fingerprint density at radius 3 is 2.53 bits per heavy atom. The van der Waals surface area contributed by atoms with Gasteiger partial charge in [-0.05, 0) is 46.8 Å². The number of benzene rings is 1. The van der Waals surface area contributed by atoms with Crippen LogP contribution in [0.2, 0.25) is 0 Å². The van der Waals surface area contributed by atoms with Crippen LogP contribution in [0.5, 0.6) is 11.5 Å². The standard InChI is InChI=1S/C13H17BrO3/c1-7(2)11-9(4-8(3)15)5-10(14)12-13(11)17-6-16-12/h5,7-8,15H,4,6H2,1-3H3. The third-order valence-corrected chi connectivity index (χ3v) is 3.40. The van der Waals surface area contributed by atoms with E-state index in [1.807, 2.05) is 6.07 Å². The Bertz CT molecular complexity index is 427. The Hall–Kier alpha value is -0.740. The Labute approximate surface area is 110 Å². The summed E-state index contributed by atoms with van der Waals surface area (Å²) in [6.45, 7) is 6.31. The van der Waals surface area contributed by atoms with Gasteiger partial charge in [-0.2, -0.15) is 0 Å². The highest BCUT2D eigenvalue weighted by Crippen LogP contribution is 2.46. The number of aliphatic hydroxyl groups excluding tert-OH is 1. The summed E-state index contributed by atoms with van der Waals surface area (Å²) in [5.74, 6) is 1.94. The fourth-order valence-corrected chi connectivity index (χ4v) is 2.79. The van der Waals surface area contributed by atoms with E-state index in [1.54, 1.807) is 6.92 Å². The van der Waals surface area contributed by atoms with Crippen LogP contribution in [0.1, 0.15) is 37.8 Å². The average Bonchev–Trinajstić information content (AvgIpc) is 2.64. The van der Waals surface area contributed by atoms with Crippen molar-refractivity contribution >= 4 is 15.9 Å². The van der Waals surface area contributed by atoms with Crippen molar-refractivity contribution in [2.75, 3.05) is 6.79 Å². The van der Waals surface area contributed by atoms with E-state index in [9.17, 15) is 5.11 Å². The van der Waals surface area contributed by atoms with Crippen LogP contribution < -0.4 is 9.47 Å². The number of hydrogen-bond donors (Lipinski definition) is 1. The summed E-state index contributed by atoms with van der Waals surface area (Å²) in [5, 5.41) is 9.56. The minimum atomic E-state index is -0.361. The predicted octanol–water partition coefficient (Wildman–Crippen LogP) is 3.22. The minimum absolute atomic E-state index is 0.270. The Morgan fingerprint density at radius 2 is 1.94 bits per heavy atom. The van der Waals surface area contributed by atoms with Crippen LogP contribution >= 0.6 is 15.9 Å². The summed E-state index contributed by atoms with van der Waals surface area (Å²) in [5.41, 5.74) is 2.26. The van der Waals surface area contributed by atoms with Crippen molar-refractivity contribution in [3.63, 3.8) is 0 Å². The second-order valence-electron chi connectivity index (χ2n) is 4.70. The molecule has 0 fully saturated rings. The minimum Gasteiger partial charge on any atom is -0.453 e. The van der Waals surface area contributed by atoms with E-state index in [0.717, 1.165) is 27.1 Å². The molecule has 1 aliphatic rings. The SMILES string of the molecule is CC(O)Cc1cc(Br)c2c(c1C(C)C)OCO2. The molecule has 0 saturated heterocycles. The van der Waals surface area contributed by atoms with E-state index in [4.69, 9.17) is 9.47 Å². The van der Waals surface area contributed by atoms with Gasteiger partial charge in [0.1, 0.15) is 0 Å².